The van der Waals surface area contributed by atoms with Crippen molar-refractivity contribution < 1.29 is 14.0 Å². The lowest BCUT2D eigenvalue weighted by molar-refractivity contribution is -0.115. The van der Waals surface area contributed by atoms with Crippen LogP contribution in [0.25, 0.3) is 11.0 Å². The lowest BCUT2D eigenvalue weighted by Crippen LogP contribution is -2.33. The summed E-state index contributed by atoms with van der Waals surface area (Å²) in [5.74, 6) is -0.625. The number of nitrogens with one attached hydrogen (secondary N) is 2. The van der Waals surface area contributed by atoms with Gasteiger partial charge in [-0.05, 0) is 49.7 Å². The topological polar surface area (TPSA) is 71.3 Å². The van der Waals surface area contributed by atoms with E-state index in [1.165, 1.54) is 0 Å². The fourth-order valence-electron chi connectivity index (χ4n) is 2.57. The number of aryl methyl sites for hydroxylation is 2. The van der Waals surface area contributed by atoms with Crippen molar-refractivity contribution in [2.75, 3.05) is 11.9 Å². The van der Waals surface area contributed by atoms with Crippen molar-refractivity contribution in [3.8, 4) is 0 Å². The molecule has 0 aliphatic rings. The lowest BCUT2D eigenvalue weighted by Gasteiger charge is -2.08. The molecule has 5 nitrogen and oxygen atoms in total. The number of hydrogen-bond donors (Lipinski definition) is 2. The standard InChI is InChI=1S/C19H16BrClN2O3/c1-10-3-5-15(14(21)7-10)23-17(24)9-22-19(25)18-11(2)13-8-12(20)4-6-16(13)26-18/h3-8H,9H2,1-2H3,(H,22,25)(H,23,24). The molecule has 3 rings (SSSR count). The van der Waals surface area contributed by atoms with Crippen LogP contribution in [-0.2, 0) is 4.79 Å². The van der Waals surface area contributed by atoms with Crippen molar-refractivity contribution in [3.05, 3.63) is 62.8 Å². The number of rotatable bonds is 4. The number of benzene rings is 2. The van der Waals surface area contributed by atoms with Crippen LogP contribution < -0.4 is 10.6 Å². The minimum Gasteiger partial charge on any atom is -0.451 e. The Morgan fingerprint density at radius 2 is 1.92 bits per heavy atom. The number of halogens is 2. The average molecular weight is 436 g/mol. The molecular weight excluding hydrogens is 420 g/mol. The molecule has 2 N–H and O–H groups in total. The maximum Gasteiger partial charge on any atom is 0.287 e. The van der Waals surface area contributed by atoms with Crippen molar-refractivity contribution in [2.45, 2.75) is 13.8 Å². The summed E-state index contributed by atoms with van der Waals surface area (Å²) < 4.78 is 6.51. The van der Waals surface area contributed by atoms with E-state index in [-0.39, 0.29) is 18.2 Å². The Labute approximate surface area is 163 Å². The van der Waals surface area contributed by atoms with Gasteiger partial charge < -0.3 is 15.1 Å². The Morgan fingerprint density at radius 3 is 2.65 bits per heavy atom. The van der Waals surface area contributed by atoms with Crippen LogP contribution in [0.2, 0.25) is 5.02 Å². The van der Waals surface area contributed by atoms with E-state index in [0.29, 0.717) is 16.3 Å². The highest BCUT2D eigenvalue weighted by atomic mass is 79.9. The Bertz CT molecular complexity index is 1010. The molecule has 0 aliphatic carbocycles. The smallest absolute Gasteiger partial charge is 0.287 e. The third kappa shape index (κ3) is 3.92. The molecule has 134 valence electrons. The third-order valence-electron chi connectivity index (χ3n) is 3.91. The van der Waals surface area contributed by atoms with Crippen LogP contribution in [0.3, 0.4) is 0 Å². The second-order valence-corrected chi connectivity index (χ2v) is 7.23. The minimum absolute atomic E-state index is 0.191. The SMILES string of the molecule is Cc1ccc(NC(=O)CNC(=O)c2oc3ccc(Br)cc3c2C)c(Cl)c1. The summed E-state index contributed by atoms with van der Waals surface area (Å²) in [6.45, 7) is 3.52. The van der Waals surface area contributed by atoms with Crippen LogP contribution in [0.5, 0.6) is 0 Å². The largest absolute Gasteiger partial charge is 0.451 e. The molecule has 0 bridgehead atoms. The molecule has 0 aliphatic heterocycles. The lowest BCUT2D eigenvalue weighted by atomic mass is 10.1. The molecule has 2 amide bonds. The molecule has 0 unspecified atom stereocenters. The van der Waals surface area contributed by atoms with Crippen LogP contribution in [0.1, 0.15) is 21.7 Å². The molecule has 0 saturated carbocycles. The molecule has 1 aromatic heterocycles. The normalized spacial score (nSPS) is 10.8. The number of furan rings is 1. The highest BCUT2D eigenvalue weighted by Crippen LogP contribution is 2.28. The van der Waals surface area contributed by atoms with E-state index in [1.807, 2.05) is 25.1 Å². The van der Waals surface area contributed by atoms with Crippen LogP contribution in [-0.4, -0.2) is 18.4 Å². The van der Waals surface area contributed by atoms with Crippen molar-refractivity contribution in [3.63, 3.8) is 0 Å². The van der Waals surface area contributed by atoms with Gasteiger partial charge in [0.05, 0.1) is 17.3 Å². The molecule has 3 aromatic rings. The van der Waals surface area contributed by atoms with Gasteiger partial charge in [0.2, 0.25) is 5.91 Å². The highest BCUT2D eigenvalue weighted by molar-refractivity contribution is 9.10. The van der Waals surface area contributed by atoms with Crippen LogP contribution in [0.4, 0.5) is 5.69 Å². The predicted molar refractivity (Wildman–Crippen MR) is 106 cm³/mol. The second kappa shape index (κ2) is 7.51. The number of fused-ring (bicyclic) bond motifs is 1. The van der Waals surface area contributed by atoms with Crippen LogP contribution in [0, 0.1) is 13.8 Å². The molecule has 1 heterocycles. The molecular formula is C19H16BrClN2O3. The second-order valence-electron chi connectivity index (χ2n) is 5.91. The van der Waals surface area contributed by atoms with Crippen molar-refractivity contribution in [2.24, 2.45) is 0 Å². The maximum absolute atomic E-state index is 12.4. The number of hydrogen-bond acceptors (Lipinski definition) is 3. The first-order valence-corrected chi connectivity index (χ1v) is 9.05. The molecule has 0 fully saturated rings. The van der Waals surface area contributed by atoms with Gasteiger partial charge in [-0.2, -0.15) is 0 Å². The number of anilines is 1. The number of carbonyl (C=O) groups is 2. The summed E-state index contributed by atoms with van der Waals surface area (Å²) >= 11 is 9.49. The Morgan fingerprint density at radius 1 is 1.15 bits per heavy atom. The number of carbonyl (C=O) groups excluding carboxylic acids is 2. The molecule has 0 saturated heterocycles. The minimum atomic E-state index is -0.444. The van der Waals surface area contributed by atoms with E-state index >= 15 is 0 Å². The van der Waals surface area contributed by atoms with Crippen LogP contribution in [0.15, 0.2) is 45.3 Å². The van der Waals surface area contributed by atoms with Gasteiger partial charge in [-0.25, -0.2) is 0 Å². The Balaban J connectivity index is 1.67. The summed E-state index contributed by atoms with van der Waals surface area (Å²) in [6.07, 6.45) is 0. The van der Waals surface area contributed by atoms with Gasteiger partial charge in [-0.3, -0.25) is 9.59 Å². The zero-order chi connectivity index (χ0) is 18.8. The van der Waals surface area contributed by atoms with E-state index in [1.54, 1.807) is 25.1 Å². The first kappa shape index (κ1) is 18.5. The Hall–Kier alpha value is -2.31. The monoisotopic (exact) mass is 434 g/mol. The van der Waals surface area contributed by atoms with Crippen LogP contribution >= 0.6 is 27.5 Å². The summed E-state index contributed by atoms with van der Waals surface area (Å²) in [7, 11) is 0. The van der Waals surface area contributed by atoms with Gasteiger partial charge in [0.25, 0.3) is 5.91 Å². The van der Waals surface area contributed by atoms with Crippen molar-refractivity contribution in [1.82, 2.24) is 5.32 Å². The van der Waals surface area contributed by atoms with E-state index in [0.717, 1.165) is 21.0 Å². The molecule has 26 heavy (non-hydrogen) atoms. The predicted octanol–water partition coefficient (Wildman–Crippen LogP) is 4.83. The van der Waals surface area contributed by atoms with E-state index in [4.69, 9.17) is 16.0 Å². The summed E-state index contributed by atoms with van der Waals surface area (Å²) in [5.41, 5.74) is 2.84. The number of amides is 2. The highest BCUT2D eigenvalue weighted by Gasteiger charge is 2.18. The van der Waals surface area contributed by atoms with E-state index in [9.17, 15) is 9.59 Å². The first-order chi connectivity index (χ1) is 12.3. The molecule has 0 radical (unpaired) electrons. The van der Waals surface area contributed by atoms with E-state index in [2.05, 4.69) is 26.6 Å². The first-order valence-electron chi connectivity index (χ1n) is 7.88. The fourth-order valence-corrected chi connectivity index (χ4v) is 3.21. The van der Waals surface area contributed by atoms with Crippen molar-refractivity contribution in [1.29, 1.82) is 0 Å². The molecule has 0 atom stereocenters. The fraction of sp³-hybridized carbons (Fsp3) is 0.158. The summed E-state index contributed by atoms with van der Waals surface area (Å²) in [5, 5.41) is 6.53. The van der Waals surface area contributed by atoms with Gasteiger partial charge >= 0.3 is 0 Å². The van der Waals surface area contributed by atoms with Gasteiger partial charge in [0, 0.05) is 15.4 Å². The van der Waals surface area contributed by atoms with Gasteiger partial charge in [0.15, 0.2) is 5.76 Å². The van der Waals surface area contributed by atoms with Gasteiger partial charge in [0.1, 0.15) is 5.58 Å². The molecule has 0 spiro atoms. The van der Waals surface area contributed by atoms with Gasteiger partial charge in [-0.15, -0.1) is 0 Å². The Kier molecular flexibility index (Phi) is 5.34. The zero-order valence-electron chi connectivity index (χ0n) is 14.2. The maximum atomic E-state index is 12.4. The third-order valence-corrected chi connectivity index (χ3v) is 4.72. The average Bonchev–Trinajstić information content (AvgIpc) is 2.92. The zero-order valence-corrected chi connectivity index (χ0v) is 16.5. The summed E-state index contributed by atoms with van der Waals surface area (Å²) in [6, 6.07) is 10.8. The molecule has 2 aromatic carbocycles. The quantitative estimate of drug-likeness (QED) is 0.616. The van der Waals surface area contributed by atoms with E-state index < -0.39 is 5.91 Å². The van der Waals surface area contributed by atoms with Gasteiger partial charge in [-0.1, -0.05) is 33.6 Å². The van der Waals surface area contributed by atoms with Crippen molar-refractivity contribution >= 4 is 56.0 Å². The summed E-state index contributed by atoms with van der Waals surface area (Å²) in [4.78, 5) is 24.4. The molecule has 7 heteroatoms.